The van der Waals surface area contributed by atoms with Crippen LogP contribution in [0.5, 0.6) is 0 Å². The quantitative estimate of drug-likeness (QED) is 0.166. The van der Waals surface area contributed by atoms with E-state index in [0.717, 1.165) is 4.47 Å². The zero-order chi connectivity index (χ0) is 18.4. The molecule has 2 aliphatic rings. The maximum Gasteiger partial charge on any atom is -0.0809 e. The van der Waals surface area contributed by atoms with Gasteiger partial charge in [-0.2, -0.15) is 17.5 Å². The number of allylic oxidation sites excluding steroid dienone is 2. The Bertz CT molecular complexity index is 951. The van der Waals surface area contributed by atoms with Gasteiger partial charge in [0.15, 0.2) is 0 Å². The smallest absolute Gasteiger partial charge is 0.0809 e. The van der Waals surface area contributed by atoms with E-state index in [9.17, 15) is 0 Å². The van der Waals surface area contributed by atoms with Gasteiger partial charge in [-0.05, 0) is 6.08 Å². The van der Waals surface area contributed by atoms with E-state index in [1.54, 1.807) is 0 Å². The van der Waals surface area contributed by atoms with Crippen LogP contribution in [0.15, 0.2) is 81.9 Å². The fraction of sp³-hybridized carbons (Fsp3) is 0.0476. The summed E-state index contributed by atoms with van der Waals surface area (Å²) in [5.74, 6) is 0.347. The number of fused-ring (bicyclic) bond motifs is 4. The molecule has 0 saturated carbocycles. The maximum absolute atomic E-state index is 4.93. The van der Waals surface area contributed by atoms with Crippen LogP contribution in [0.3, 0.4) is 0 Å². The third-order valence-corrected chi connectivity index (χ3v) is 4.58. The van der Waals surface area contributed by atoms with Crippen LogP contribution in [-0.2, 0) is 34.3 Å². The minimum Gasteiger partial charge on any atom is -0.813 e. The van der Waals surface area contributed by atoms with Crippen molar-refractivity contribution < 1.29 is 20.8 Å². The van der Waals surface area contributed by atoms with E-state index in [1.807, 2.05) is 18.5 Å². The molecular weight excluding hydrogens is 540 g/mol. The maximum atomic E-state index is 4.93. The van der Waals surface area contributed by atoms with Gasteiger partial charge in [-0.3, -0.25) is 4.99 Å². The van der Waals surface area contributed by atoms with E-state index in [-0.39, 0.29) is 13.5 Å². The number of halogens is 3. The molecule has 1 nitrogen and oxygen atoms in total. The largest absolute Gasteiger partial charge is 0.813 e. The average Bonchev–Trinajstić information content (AvgIpc) is 3.26. The Labute approximate surface area is 193 Å². The molecule has 6 heteroatoms. The zero-order valence-electron chi connectivity index (χ0n) is 14.1. The minimum absolute atomic E-state index is 0. The normalized spacial score (nSPS) is 15.2. The van der Waals surface area contributed by atoms with Crippen LogP contribution in [0.1, 0.15) is 17.0 Å². The molecule has 0 saturated heterocycles. The Morgan fingerprint density at radius 1 is 1.11 bits per heavy atom. The van der Waals surface area contributed by atoms with Gasteiger partial charge in [0.25, 0.3) is 0 Å². The molecule has 1 heterocycles. The average molecular weight is 555 g/mol. The summed E-state index contributed by atoms with van der Waals surface area (Å²) in [5, 5.41) is 2.66. The van der Waals surface area contributed by atoms with Crippen molar-refractivity contribution in [3.63, 3.8) is 0 Å². The first kappa shape index (κ1) is 22.8. The Balaban J connectivity index is 0.000000175. The molecule has 5 rings (SSSR count). The van der Waals surface area contributed by atoms with Crippen LogP contribution in [0.4, 0.5) is 0 Å². The molecule has 138 valence electrons. The molecule has 0 N–H and O–H groups in total. The molecule has 0 aromatic heterocycles. The van der Waals surface area contributed by atoms with Crippen LogP contribution < -0.4 is 0 Å². The summed E-state index contributed by atoms with van der Waals surface area (Å²) in [6.45, 7) is 0. The molecule has 27 heavy (non-hydrogen) atoms. The van der Waals surface area contributed by atoms with Crippen molar-refractivity contribution in [3.05, 3.63) is 94.1 Å². The van der Waals surface area contributed by atoms with Gasteiger partial charge in [-0.25, -0.2) is 0 Å². The van der Waals surface area contributed by atoms with Crippen molar-refractivity contribution in [1.82, 2.24) is 0 Å². The number of aliphatic imine (C=N–C) groups is 1. The van der Waals surface area contributed by atoms with Gasteiger partial charge >= 0.3 is 37.9 Å². The molecule has 0 amide bonds. The van der Waals surface area contributed by atoms with Crippen LogP contribution in [-0.4, -0.2) is 6.21 Å². The van der Waals surface area contributed by atoms with E-state index in [1.165, 1.54) is 27.5 Å². The topological polar surface area (TPSA) is 12.4 Å². The van der Waals surface area contributed by atoms with Crippen molar-refractivity contribution in [3.8, 4) is 0 Å². The second-order valence-corrected chi connectivity index (χ2v) is 10.2. The number of rotatable bonds is 0. The van der Waals surface area contributed by atoms with Gasteiger partial charge in [0.05, 0.1) is 0 Å². The Morgan fingerprint density at radius 2 is 1.89 bits per heavy atom. The summed E-state index contributed by atoms with van der Waals surface area (Å²) >= 11 is 2.60. The van der Waals surface area contributed by atoms with Crippen LogP contribution >= 0.6 is 33.0 Å². The third kappa shape index (κ3) is 5.98. The number of nitrogens with zero attached hydrogens (tertiary/aromatic N) is 1. The molecule has 1 atom stereocenters. The first-order chi connectivity index (χ1) is 12.7. The van der Waals surface area contributed by atoms with Crippen LogP contribution in [0.25, 0.3) is 16.8 Å². The Hall–Kier alpha value is -0.507. The number of benzene rings is 2. The Morgan fingerprint density at radius 3 is 2.67 bits per heavy atom. The SMILES string of the molecule is Brc1[c-]c2c(cc1)C1C=NC=CC1=C2.[Cl][Zr][Cl].[SH-].c1ccc2[cH-]ccc2c1. The van der Waals surface area contributed by atoms with E-state index in [0.29, 0.717) is 5.92 Å². The molecule has 3 aromatic carbocycles. The first-order valence-electron chi connectivity index (χ1n) is 7.93. The zero-order valence-corrected chi connectivity index (χ0v) is 20.6. The summed E-state index contributed by atoms with van der Waals surface area (Å²) in [6.07, 6.45) is 8.06. The second-order valence-electron chi connectivity index (χ2n) is 5.64. The third-order valence-electron chi connectivity index (χ3n) is 4.12. The monoisotopic (exact) mass is 552 g/mol. The first-order valence-corrected chi connectivity index (χ1v) is 15.0. The van der Waals surface area contributed by atoms with E-state index < -0.39 is 20.8 Å². The van der Waals surface area contributed by atoms with Gasteiger partial charge in [0.2, 0.25) is 0 Å². The molecule has 0 spiro atoms. The molecule has 0 fully saturated rings. The molecule has 1 unspecified atom stereocenters. The van der Waals surface area contributed by atoms with Crippen molar-refractivity contribution in [2.75, 3.05) is 0 Å². The molecule has 3 aromatic rings. The molecule has 1 aliphatic heterocycles. The number of hydrogen-bond donors (Lipinski definition) is 0. The van der Waals surface area contributed by atoms with Crippen LogP contribution in [0, 0.1) is 6.07 Å². The summed E-state index contributed by atoms with van der Waals surface area (Å²) < 4.78 is 1.01. The summed E-state index contributed by atoms with van der Waals surface area (Å²) in [7, 11) is 9.87. The Kier molecular flexibility index (Phi) is 9.69. The summed E-state index contributed by atoms with van der Waals surface area (Å²) in [6, 6.07) is 22.1. The van der Waals surface area contributed by atoms with E-state index in [4.69, 9.17) is 17.0 Å². The van der Waals surface area contributed by atoms with Crippen molar-refractivity contribution in [2.45, 2.75) is 5.92 Å². The van der Waals surface area contributed by atoms with Crippen LogP contribution in [0.2, 0.25) is 0 Å². The second kappa shape index (κ2) is 11.5. The molecule has 0 radical (unpaired) electrons. The number of thiol groups is 1. The van der Waals surface area contributed by atoms with Gasteiger partial charge in [0, 0.05) is 18.3 Å². The predicted molar refractivity (Wildman–Crippen MR) is 121 cm³/mol. The van der Waals surface area contributed by atoms with Gasteiger partial charge in [-0.15, -0.1) is 65.1 Å². The van der Waals surface area contributed by atoms with Crippen molar-refractivity contribution in [2.24, 2.45) is 4.99 Å². The minimum atomic E-state index is -0.826. The van der Waals surface area contributed by atoms with E-state index in [2.05, 4.69) is 87.7 Å². The van der Waals surface area contributed by atoms with Gasteiger partial charge < -0.3 is 13.5 Å². The van der Waals surface area contributed by atoms with Gasteiger partial charge in [-0.1, -0.05) is 32.0 Å². The molecular formula is C21H15BrCl2NSZr-3. The fourth-order valence-electron chi connectivity index (χ4n) is 2.97. The standard InChI is InChI=1S/C12H7BrN.C9H7.2ClH.H2S.Zr/c13-10-1-2-11-9(6-10)5-8-3-4-14-7-12(8)11;1-2-5-9-7-3-6-8(9)4-1;;;;/h1-5,7,12H;1-7H;2*1H;1H2;/q2*-1;;;;+2/p-3. The summed E-state index contributed by atoms with van der Waals surface area (Å²) in [5.41, 5.74) is 3.79. The van der Waals surface area contributed by atoms with Gasteiger partial charge in [0.1, 0.15) is 0 Å². The van der Waals surface area contributed by atoms with Crippen molar-refractivity contribution >= 4 is 69.5 Å². The van der Waals surface area contributed by atoms with E-state index >= 15 is 0 Å². The predicted octanol–water partition coefficient (Wildman–Crippen LogP) is 6.99. The number of hydrogen-bond acceptors (Lipinski definition) is 2. The summed E-state index contributed by atoms with van der Waals surface area (Å²) in [4.78, 5) is 4.17. The molecule has 0 bridgehead atoms. The molecule has 1 aliphatic carbocycles. The fourth-order valence-corrected chi connectivity index (χ4v) is 3.32. The van der Waals surface area contributed by atoms with Crippen molar-refractivity contribution in [1.29, 1.82) is 0 Å².